The van der Waals surface area contributed by atoms with E-state index in [0.29, 0.717) is 5.56 Å². The quantitative estimate of drug-likeness (QED) is 0.524. The highest BCUT2D eigenvalue weighted by Crippen LogP contribution is 2.32. The molecule has 0 spiro atoms. The minimum atomic E-state index is -3.07. The highest BCUT2D eigenvalue weighted by atomic mass is 19.3. The standard InChI is InChI=1S/C18H17F2NO6/c1-9-7-8-11(15(23)14(9)22)17(25)26-10(2)16(24)21-12-5-3-4-6-13(12)27-18(19)20/h3-8,10,18,22-23H,1-2H3,(H,21,24). The monoisotopic (exact) mass is 381 g/mol. The van der Waals surface area contributed by atoms with Gasteiger partial charge in [0.1, 0.15) is 11.3 Å². The average molecular weight is 381 g/mol. The first-order valence-corrected chi connectivity index (χ1v) is 7.78. The number of phenols is 2. The van der Waals surface area contributed by atoms with Crippen molar-refractivity contribution in [2.45, 2.75) is 26.6 Å². The van der Waals surface area contributed by atoms with Crippen LogP contribution in [-0.2, 0) is 9.53 Å². The van der Waals surface area contributed by atoms with Crippen LogP contribution >= 0.6 is 0 Å². The summed E-state index contributed by atoms with van der Waals surface area (Å²) >= 11 is 0. The maximum absolute atomic E-state index is 12.4. The van der Waals surface area contributed by atoms with Crippen molar-refractivity contribution in [1.29, 1.82) is 0 Å². The minimum Gasteiger partial charge on any atom is -0.504 e. The number of nitrogens with one attached hydrogen (secondary N) is 1. The number of esters is 1. The first-order valence-electron chi connectivity index (χ1n) is 7.78. The van der Waals surface area contributed by atoms with Crippen LogP contribution in [0.4, 0.5) is 14.5 Å². The smallest absolute Gasteiger partial charge is 0.387 e. The third kappa shape index (κ3) is 4.84. The zero-order chi connectivity index (χ0) is 20.1. The number of benzene rings is 2. The Morgan fingerprint density at radius 3 is 2.41 bits per heavy atom. The molecule has 0 aliphatic rings. The van der Waals surface area contributed by atoms with E-state index in [9.17, 15) is 28.6 Å². The summed E-state index contributed by atoms with van der Waals surface area (Å²) in [6, 6.07) is 8.16. The van der Waals surface area contributed by atoms with Crippen molar-refractivity contribution in [3.63, 3.8) is 0 Å². The van der Waals surface area contributed by atoms with Crippen LogP contribution in [0.5, 0.6) is 17.2 Å². The van der Waals surface area contributed by atoms with Gasteiger partial charge in [0.2, 0.25) is 0 Å². The highest BCUT2D eigenvalue weighted by molar-refractivity contribution is 5.99. The van der Waals surface area contributed by atoms with Crippen molar-refractivity contribution >= 4 is 17.6 Å². The summed E-state index contributed by atoms with van der Waals surface area (Å²) in [5, 5.41) is 21.8. The number of alkyl halides is 2. The Hall–Kier alpha value is -3.36. The molecule has 1 amide bonds. The van der Waals surface area contributed by atoms with Crippen LogP contribution in [0.2, 0.25) is 0 Å². The molecule has 1 unspecified atom stereocenters. The molecular weight excluding hydrogens is 364 g/mol. The Bertz CT molecular complexity index is 856. The second-order valence-electron chi connectivity index (χ2n) is 5.54. The Labute approximate surface area is 153 Å². The molecule has 0 saturated heterocycles. The first-order chi connectivity index (χ1) is 12.7. The molecule has 7 nitrogen and oxygen atoms in total. The number of phenolic OH excluding ortho intramolecular Hbond substituents is 2. The SMILES string of the molecule is Cc1ccc(C(=O)OC(C)C(=O)Nc2ccccc2OC(F)F)c(O)c1O. The summed E-state index contributed by atoms with van der Waals surface area (Å²) in [6.45, 7) is -0.288. The average Bonchev–Trinajstić information content (AvgIpc) is 2.60. The molecule has 9 heteroatoms. The topological polar surface area (TPSA) is 105 Å². The second-order valence-corrected chi connectivity index (χ2v) is 5.54. The molecule has 0 aromatic heterocycles. The lowest BCUT2D eigenvalue weighted by atomic mass is 10.1. The minimum absolute atomic E-state index is 0.0264. The van der Waals surface area contributed by atoms with Gasteiger partial charge in [-0.3, -0.25) is 4.79 Å². The van der Waals surface area contributed by atoms with E-state index in [1.54, 1.807) is 0 Å². The van der Waals surface area contributed by atoms with Gasteiger partial charge in [0.15, 0.2) is 17.6 Å². The van der Waals surface area contributed by atoms with Gasteiger partial charge in [0, 0.05) is 0 Å². The number of para-hydroxylation sites is 2. The van der Waals surface area contributed by atoms with Gasteiger partial charge < -0.3 is 25.0 Å². The summed E-state index contributed by atoms with van der Waals surface area (Å²) in [4.78, 5) is 24.3. The Balaban J connectivity index is 2.08. The van der Waals surface area contributed by atoms with E-state index >= 15 is 0 Å². The maximum atomic E-state index is 12.4. The molecule has 0 aliphatic carbocycles. The summed E-state index contributed by atoms with van der Waals surface area (Å²) in [5.41, 5.74) is 0.00573. The normalized spacial score (nSPS) is 11.7. The van der Waals surface area contributed by atoms with Crippen molar-refractivity contribution < 1.29 is 38.1 Å². The van der Waals surface area contributed by atoms with Crippen LogP contribution in [0.1, 0.15) is 22.8 Å². The molecule has 3 N–H and O–H groups in total. The van der Waals surface area contributed by atoms with Gasteiger partial charge >= 0.3 is 12.6 Å². The molecule has 0 heterocycles. The molecule has 0 aliphatic heterocycles. The van der Waals surface area contributed by atoms with E-state index in [2.05, 4.69) is 10.1 Å². The number of amides is 1. The molecule has 2 aromatic carbocycles. The van der Waals surface area contributed by atoms with Crippen molar-refractivity contribution in [2.75, 3.05) is 5.32 Å². The number of carbonyl (C=O) groups excluding carboxylic acids is 2. The first kappa shape index (κ1) is 20.0. The molecule has 144 valence electrons. The fourth-order valence-corrected chi connectivity index (χ4v) is 2.13. The van der Waals surface area contributed by atoms with Crippen molar-refractivity contribution in [2.24, 2.45) is 0 Å². The summed E-state index contributed by atoms with van der Waals surface area (Å²) < 4.78 is 34.1. The van der Waals surface area contributed by atoms with Crippen LogP contribution in [0.15, 0.2) is 36.4 Å². The van der Waals surface area contributed by atoms with Gasteiger partial charge in [-0.05, 0) is 37.6 Å². The van der Waals surface area contributed by atoms with E-state index in [0.717, 1.165) is 0 Å². The lowest BCUT2D eigenvalue weighted by molar-refractivity contribution is -0.123. The third-order valence-electron chi connectivity index (χ3n) is 3.59. The fraction of sp³-hybridized carbons (Fsp3) is 0.222. The summed E-state index contributed by atoms with van der Waals surface area (Å²) in [6.07, 6.45) is -1.32. The van der Waals surface area contributed by atoms with Crippen molar-refractivity contribution in [3.05, 3.63) is 47.5 Å². The van der Waals surface area contributed by atoms with Crippen LogP contribution < -0.4 is 10.1 Å². The molecule has 2 rings (SSSR count). The van der Waals surface area contributed by atoms with Gasteiger partial charge in [-0.1, -0.05) is 18.2 Å². The van der Waals surface area contributed by atoms with Crippen LogP contribution in [0.25, 0.3) is 0 Å². The zero-order valence-electron chi connectivity index (χ0n) is 14.4. The summed E-state index contributed by atoms with van der Waals surface area (Å²) in [7, 11) is 0. The van der Waals surface area contributed by atoms with Crippen LogP contribution in [0, 0.1) is 6.92 Å². The number of hydrogen-bond donors (Lipinski definition) is 3. The lowest BCUT2D eigenvalue weighted by Gasteiger charge is -2.16. The molecule has 0 radical (unpaired) electrons. The number of anilines is 1. The largest absolute Gasteiger partial charge is 0.504 e. The van der Waals surface area contributed by atoms with Crippen LogP contribution in [0.3, 0.4) is 0 Å². The predicted molar refractivity (Wildman–Crippen MR) is 91.1 cm³/mol. The van der Waals surface area contributed by atoms with E-state index in [1.165, 1.54) is 50.2 Å². The predicted octanol–water partition coefficient (Wildman–Crippen LogP) is 3.19. The third-order valence-corrected chi connectivity index (χ3v) is 3.59. The number of rotatable bonds is 6. The zero-order valence-corrected chi connectivity index (χ0v) is 14.4. The molecule has 27 heavy (non-hydrogen) atoms. The van der Waals surface area contributed by atoms with Gasteiger partial charge in [-0.25, -0.2) is 4.79 Å². The Morgan fingerprint density at radius 1 is 1.07 bits per heavy atom. The number of hydrogen-bond acceptors (Lipinski definition) is 6. The fourth-order valence-electron chi connectivity index (χ4n) is 2.13. The number of carbonyl (C=O) groups is 2. The number of aryl methyl sites for hydroxylation is 1. The van der Waals surface area contributed by atoms with Gasteiger partial charge in [-0.2, -0.15) is 8.78 Å². The van der Waals surface area contributed by atoms with Gasteiger partial charge in [0.25, 0.3) is 5.91 Å². The van der Waals surface area contributed by atoms with Gasteiger partial charge in [-0.15, -0.1) is 0 Å². The van der Waals surface area contributed by atoms with E-state index < -0.39 is 36.1 Å². The molecule has 0 fully saturated rings. The van der Waals surface area contributed by atoms with Crippen molar-refractivity contribution in [3.8, 4) is 17.2 Å². The molecule has 1 atom stereocenters. The molecule has 2 aromatic rings. The maximum Gasteiger partial charge on any atom is 0.387 e. The number of aromatic hydroxyl groups is 2. The highest BCUT2D eigenvalue weighted by Gasteiger charge is 2.23. The molecule has 0 saturated carbocycles. The second kappa shape index (κ2) is 8.35. The number of ether oxygens (including phenoxy) is 2. The van der Waals surface area contributed by atoms with Crippen molar-refractivity contribution in [1.82, 2.24) is 0 Å². The number of halogens is 2. The van der Waals surface area contributed by atoms with E-state index in [-0.39, 0.29) is 17.0 Å². The molecule has 0 bridgehead atoms. The summed E-state index contributed by atoms with van der Waals surface area (Å²) in [5.74, 6) is -3.23. The Morgan fingerprint density at radius 2 is 1.74 bits per heavy atom. The molecular formula is C18H17F2NO6. The van der Waals surface area contributed by atoms with Gasteiger partial charge in [0.05, 0.1) is 5.69 Å². The lowest BCUT2D eigenvalue weighted by Crippen LogP contribution is -2.30. The van der Waals surface area contributed by atoms with Crippen LogP contribution in [-0.4, -0.2) is 34.8 Å². The van der Waals surface area contributed by atoms with E-state index in [4.69, 9.17) is 4.74 Å². The Kier molecular flexibility index (Phi) is 6.17. The van der Waals surface area contributed by atoms with E-state index in [1.807, 2.05) is 0 Å².